The van der Waals surface area contributed by atoms with E-state index in [1.54, 1.807) is 0 Å². The minimum absolute atomic E-state index is 0.131. The number of nitro groups is 1. The quantitative estimate of drug-likeness (QED) is 0.579. The smallest absolute Gasteiger partial charge is 0.349 e. The Hall–Kier alpha value is -1.92. The number of hydrogen-bond acceptors (Lipinski definition) is 5. The molecule has 1 aromatic rings. The van der Waals surface area contributed by atoms with Gasteiger partial charge in [-0.05, 0) is 6.42 Å². The summed E-state index contributed by atoms with van der Waals surface area (Å²) >= 11 is 0. The Morgan fingerprint density at radius 3 is 2.87 bits per heavy atom. The van der Waals surface area contributed by atoms with E-state index in [4.69, 9.17) is 5.73 Å². The fraction of sp³-hybridized carbons (Fsp3) is 0.500. The molecule has 1 rings (SSSR count). The van der Waals surface area contributed by atoms with Crippen LogP contribution in [0.15, 0.2) is 11.0 Å². The average Bonchev–Trinajstić information content (AvgIpc) is 2.17. The molecule has 0 bridgehead atoms. The van der Waals surface area contributed by atoms with Gasteiger partial charge in [0, 0.05) is 6.54 Å². The minimum atomic E-state index is -0.649. The number of nitrogen functional groups attached to an aromatic ring is 1. The lowest BCUT2D eigenvalue weighted by molar-refractivity contribution is -0.384. The van der Waals surface area contributed by atoms with Gasteiger partial charge in [-0.3, -0.25) is 14.7 Å². The van der Waals surface area contributed by atoms with Gasteiger partial charge in [0.2, 0.25) is 0 Å². The first-order valence-corrected chi connectivity index (χ1v) is 4.57. The maximum Gasteiger partial charge on any atom is 0.349 e. The lowest BCUT2D eigenvalue weighted by Crippen LogP contribution is -2.26. The summed E-state index contributed by atoms with van der Waals surface area (Å²) in [6.07, 6.45) is 2.49. The molecule has 1 aromatic heterocycles. The zero-order valence-corrected chi connectivity index (χ0v) is 8.34. The summed E-state index contributed by atoms with van der Waals surface area (Å²) in [6.45, 7) is 2.31. The van der Waals surface area contributed by atoms with Gasteiger partial charge in [0.1, 0.15) is 6.20 Å². The van der Waals surface area contributed by atoms with Crippen LogP contribution in [0.25, 0.3) is 0 Å². The summed E-state index contributed by atoms with van der Waals surface area (Å²) in [4.78, 5) is 24.6. The Bertz CT molecular complexity index is 426. The molecule has 7 nitrogen and oxygen atoms in total. The van der Waals surface area contributed by atoms with Crippen molar-refractivity contribution in [3.8, 4) is 0 Å². The number of nitrogens with zero attached hydrogens (tertiary/aromatic N) is 3. The second-order valence-electron chi connectivity index (χ2n) is 3.07. The van der Waals surface area contributed by atoms with E-state index in [2.05, 4.69) is 4.98 Å². The molecular formula is C8H12N4O3. The Kier molecular flexibility index (Phi) is 3.37. The predicted octanol–water partition coefficient (Wildman–Crippen LogP) is 0.534. The molecule has 0 spiro atoms. The van der Waals surface area contributed by atoms with Crippen molar-refractivity contribution in [2.45, 2.75) is 26.3 Å². The second-order valence-corrected chi connectivity index (χ2v) is 3.07. The summed E-state index contributed by atoms with van der Waals surface area (Å²) < 4.78 is 1.13. The van der Waals surface area contributed by atoms with Gasteiger partial charge in [-0.15, -0.1) is 0 Å². The number of aromatic nitrogens is 2. The zero-order chi connectivity index (χ0) is 11.4. The summed E-state index contributed by atoms with van der Waals surface area (Å²) in [5.74, 6) is -0.131. The molecule has 0 aliphatic heterocycles. The van der Waals surface area contributed by atoms with Crippen LogP contribution in [0.1, 0.15) is 19.8 Å². The van der Waals surface area contributed by atoms with Crippen LogP contribution >= 0.6 is 0 Å². The lowest BCUT2D eigenvalue weighted by atomic mass is 10.3. The molecule has 15 heavy (non-hydrogen) atoms. The average molecular weight is 212 g/mol. The summed E-state index contributed by atoms with van der Waals surface area (Å²) in [5, 5.41) is 10.5. The third-order valence-corrected chi connectivity index (χ3v) is 2.01. The maximum absolute atomic E-state index is 11.3. The van der Waals surface area contributed by atoms with Gasteiger partial charge >= 0.3 is 11.4 Å². The molecule has 0 radical (unpaired) electrons. The van der Waals surface area contributed by atoms with Crippen LogP contribution in [0.2, 0.25) is 0 Å². The van der Waals surface area contributed by atoms with Gasteiger partial charge in [0.05, 0.1) is 4.92 Å². The molecular weight excluding hydrogens is 200 g/mol. The van der Waals surface area contributed by atoms with Crippen LogP contribution in [0.5, 0.6) is 0 Å². The highest BCUT2D eigenvalue weighted by Gasteiger charge is 2.16. The first-order valence-electron chi connectivity index (χ1n) is 4.57. The normalized spacial score (nSPS) is 10.2. The monoisotopic (exact) mass is 212 g/mol. The molecule has 0 saturated carbocycles. The maximum atomic E-state index is 11.3. The van der Waals surface area contributed by atoms with Crippen LogP contribution in [-0.4, -0.2) is 14.5 Å². The molecule has 2 N–H and O–H groups in total. The third-order valence-electron chi connectivity index (χ3n) is 2.01. The molecule has 0 amide bonds. The summed E-state index contributed by atoms with van der Waals surface area (Å²) in [6, 6.07) is 0. The Labute approximate surface area is 85.7 Å². The van der Waals surface area contributed by atoms with Crippen molar-refractivity contribution >= 4 is 11.5 Å². The standard InChI is InChI=1S/C8H12N4O3/c1-2-3-4-11-7(9)6(12(14)15)5-10-8(11)13/h5H,2-4,9H2,1H3. The molecule has 0 fully saturated rings. The van der Waals surface area contributed by atoms with Crippen LogP contribution in [0.3, 0.4) is 0 Å². The number of unbranched alkanes of at least 4 members (excludes halogenated alkanes) is 1. The fourth-order valence-electron chi connectivity index (χ4n) is 1.17. The third kappa shape index (κ3) is 2.30. The molecule has 0 atom stereocenters. The number of rotatable bonds is 4. The van der Waals surface area contributed by atoms with Gasteiger partial charge in [0.25, 0.3) is 0 Å². The van der Waals surface area contributed by atoms with E-state index in [1.807, 2.05) is 6.92 Å². The lowest BCUT2D eigenvalue weighted by Gasteiger charge is -2.06. The highest BCUT2D eigenvalue weighted by Crippen LogP contribution is 2.16. The summed E-state index contributed by atoms with van der Waals surface area (Å²) in [7, 11) is 0. The van der Waals surface area contributed by atoms with E-state index in [0.717, 1.165) is 23.6 Å². The van der Waals surface area contributed by atoms with E-state index in [-0.39, 0.29) is 11.5 Å². The Balaban J connectivity index is 3.18. The minimum Gasteiger partial charge on any atom is -0.379 e. The van der Waals surface area contributed by atoms with Crippen molar-refractivity contribution in [3.05, 3.63) is 26.8 Å². The molecule has 7 heteroatoms. The molecule has 0 aliphatic rings. The number of anilines is 1. The van der Waals surface area contributed by atoms with Crippen molar-refractivity contribution in [2.75, 3.05) is 5.73 Å². The van der Waals surface area contributed by atoms with Crippen molar-refractivity contribution in [1.82, 2.24) is 9.55 Å². The number of nitrogens with two attached hydrogens (primary N) is 1. The van der Waals surface area contributed by atoms with E-state index >= 15 is 0 Å². The highest BCUT2D eigenvalue weighted by molar-refractivity contribution is 5.50. The van der Waals surface area contributed by atoms with Crippen LogP contribution in [0.4, 0.5) is 11.5 Å². The van der Waals surface area contributed by atoms with Crippen LogP contribution < -0.4 is 11.4 Å². The van der Waals surface area contributed by atoms with Gasteiger partial charge in [0.15, 0.2) is 5.82 Å². The number of hydrogen-bond donors (Lipinski definition) is 1. The topological polar surface area (TPSA) is 104 Å². The summed E-state index contributed by atoms with van der Waals surface area (Å²) in [5.41, 5.74) is 4.63. The van der Waals surface area contributed by atoms with Crippen molar-refractivity contribution in [1.29, 1.82) is 0 Å². The van der Waals surface area contributed by atoms with Crippen molar-refractivity contribution < 1.29 is 4.92 Å². The van der Waals surface area contributed by atoms with E-state index < -0.39 is 10.6 Å². The Morgan fingerprint density at radius 2 is 2.33 bits per heavy atom. The first kappa shape index (κ1) is 11.2. The van der Waals surface area contributed by atoms with Crippen LogP contribution in [0, 0.1) is 10.1 Å². The van der Waals surface area contributed by atoms with Gasteiger partial charge < -0.3 is 5.73 Å². The molecule has 82 valence electrons. The SMILES string of the molecule is CCCCn1c(N)c([N+](=O)[O-])cnc1=O. The van der Waals surface area contributed by atoms with E-state index in [1.165, 1.54) is 0 Å². The van der Waals surface area contributed by atoms with Gasteiger partial charge in [-0.2, -0.15) is 4.98 Å². The molecule has 0 aromatic carbocycles. The highest BCUT2D eigenvalue weighted by atomic mass is 16.6. The molecule has 1 heterocycles. The van der Waals surface area contributed by atoms with Crippen LogP contribution in [-0.2, 0) is 6.54 Å². The first-order chi connectivity index (χ1) is 7.07. The molecule has 0 aliphatic carbocycles. The van der Waals surface area contributed by atoms with E-state index in [9.17, 15) is 14.9 Å². The second kappa shape index (κ2) is 4.54. The van der Waals surface area contributed by atoms with Gasteiger partial charge in [-0.25, -0.2) is 4.79 Å². The van der Waals surface area contributed by atoms with Crippen molar-refractivity contribution in [2.24, 2.45) is 0 Å². The largest absolute Gasteiger partial charge is 0.379 e. The Morgan fingerprint density at radius 1 is 1.67 bits per heavy atom. The molecule has 0 saturated heterocycles. The van der Waals surface area contributed by atoms with E-state index in [0.29, 0.717) is 6.54 Å². The predicted molar refractivity (Wildman–Crippen MR) is 54.5 cm³/mol. The van der Waals surface area contributed by atoms with Crippen molar-refractivity contribution in [3.63, 3.8) is 0 Å². The fourth-order valence-corrected chi connectivity index (χ4v) is 1.17. The molecule has 0 unspecified atom stereocenters. The zero-order valence-electron chi connectivity index (χ0n) is 8.34. The van der Waals surface area contributed by atoms with Gasteiger partial charge in [-0.1, -0.05) is 13.3 Å².